The Morgan fingerprint density at radius 1 is 1.21 bits per heavy atom. The summed E-state index contributed by atoms with van der Waals surface area (Å²) in [7, 11) is 0. The van der Waals surface area contributed by atoms with Crippen LogP contribution in [0.4, 0.5) is 11.6 Å². The molecule has 2 aromatic heterocycles. The summed E-state index contributed by atoms with van der Waals surface area (Å²) >= 11 is -1.37. The fourth-order valence-corrected chi connectivity index (χ4v) is 6.06. The van der Waals surface area contributed by atoms with Crippen molar-refractivity contribution in [2.45, 2.75) is 69.9 Å². The molecule has 1 aromatic carbocycles. The maximum Gasteiger partial charge on any atom is 0.337 e. The fraction of sp³-hybridized carbons (Fsp3) is 0.452. The highest BCUT2D eigenvalue weighted by atomic mass is 32.2. The predicted octanol–water partition coefficient (Wildman–Crippen LogP) is 5.35. The number of nitrogens with one attached hydrogen (secondary N) is 2. The topological polar surface area (TPSA) is 173 Å². The average Bonchev–Trinajstić information content (AvgIpc) is 2.98. The Morgan fingerprint density at radius 2 is 1.93 bits per heavy atom. The second-order valence-electron chi connectivity index (χ2n) is 11.8. The highest BCUT2D eigenvalue weighted by Gasteiger charge is 2.32. The number of nitrogens with zero attached hydrogens (tertiary/aromatic N) is 4. The summed E-state index contributed by atoms with van der Waals surface area (Å²) in [6.45, 7) is 11.5. The number of hydrogen-bond acceptors (Lipinski definition) is 10. The summed E-state index contributed by atoms with van der Waals surface area (Å²) in [5, 5.41) is 20.7. The number of ether oxygens (including phenoxy) is 1. The Labute approximate surface area is 255 Å². The monoisotopic (exact) mass is 607 g/mol. The smallest absolute Gasteiger partial charge is 0.337 e. The first-order chi connectivity index (χ1) is 20.3. The number of carbonyl (C=O) groups is 1. The SMILES string of the molecule is CC(=N)/C(C)=C(\N)Nc1ncnc2cc(OCCCC3CCN(c4ccc(C(=O)O)cn4)CC3)c([S+]([O-])C(C)(C)C)cc12. The normalized spacial score (nSPS) is 15.6. The number of fused-ring (bicyclic) bond motifs is 1. The van der Waals surface area contributed by atoms with Gasteiger partial charge in [0.1, 0.15) is 28.5 Å². The lowest BCUT2D eigenvalue weighted by molar-refractivity contribution is 0.0696. The molecule has 3 aromatic rings. The molecule has 1 aliphatic rings. The van der Waals surface area contributed by atoms with Crippen molar-refractivity contribution < 1.29 is 19.2 Å². The van der Waals surface area contributed by atoms with Crippen LogP contribution in [0.2, 0.25) is 0 Å². The van der Waals surface area contributed by atoms with Crippen molar-refractivity contribution in [1.82, 2.24) is 15.0 Å². The van der Waals surface area contributed by atoms with Gasteiger partial charge in [-0.15, -0.1) is 0 Å². The van der Waals surface area contributed by atoms with Gasteiger partial charge in [0.2, 0.25) is 0 Å². The molecule has 1 aliphatic heterocycles. The number of hydrogen-bond donors (Lipinski definition) is 4. The molecule has 0 radical (unpaired) electrons. The molecule has 0 saturated carbocycles. The molecule has 0 spiro atoms. The van der Waals surface area contributed by atoms with Gasteiger partial charge in [0, 0.05) is 48.1 Å². The van der Waals surface area contributed by atoms with Gasteiger partial charge in [-0.1, -0.05) is 0 Å². The first-order valence-electron chi connectivity index (χ1n) is 14.4. The lowest BCUT2D eigenvalue weighted by Gasteiger charge is -2.32. The van der Waals surface area contributed by atoms with E-state index < -0.39 is 21.9 Å². The number of allylic oxidation sites excluding steroid dienone is 1. The van der Waals surface area contributed by atoms with E-state index in [1.807, 2.05) is 32.9 Å². The summed E-state index contributed by atoms with van der Waals surface area (Å²) in [4.78, 5) is 27.0. The van der Waals surface area contributed by atoms with Gasteiger partial charge in [0.05, 0.1) is 17.7 Å². The van der Waals surface area contributed by atoms with Crippen molar-refractivity contribution in [2.24, 2.45) is 11.7 Å². The third-order valence-electron chi connectivity index (χ3n) is 7.62. The van der Waals surface area contributed by atoms with Crippen molar-refractivity contribution in [3.05, 3.63) is 53.7 Å². The zero-order valence-corrected chi connectivity index (χ0v) is 26.3. The Morgan fingerprint density at radius 3 is 2.53 bits per heavy atom. The highest BCUT2D eigenvalue weighted by molar-refractivity contribution is 7.92. The van der Waals surface area contributed by atoms with Gasteiger partial charge >= 0.3 is 5.97 Å². The Hall–Kier alpha value is -3.90. The summed E-state index contributed by atoms with van der Waals surface area (Å²) in [6, 6.07) is 7.00. The van der Waals surface area contributed by atoms with Gasteiger partial charge in [-0.05, 0) is 89.5 Å². The maximum absolute atomic E-state index is 13.6. The first kappa shape index (κ1) is 32.0. The molecule has 1 saturated heterocycles. The Kier molecular flexibility index (Phi) is 10.1. The van der Waals surface area contributed by atoms with E-state index in [0.717, 1.165) is 44.6 Å². The second-order valence-corrected chi connectivity index (χ2v) is 14.0. The zero-order valence-electron chi connectivity index (χ0n) is 25.4. The quantitative estimate of drug-likeness (QED) is 0.126. The molecule has 0 aliphatic carbocycles. The van der Waals surface area contributed by atoms with Gasteiger partial charge in [-0.25, -0.2) is 19.7 Å². The van der Waals surface area contributed by atoms with Crippen LogP contribution in [0.1, 0.15) is 70.7 Å². The van der Waals surface area contributed by atoms with Crippen molar-refractivity contribution in [1.29, 1.82) is 5.41 Å². The van der Waals surface area contributed by atoms with E-state index in [1.165, 1.54) is 12.5 Å². The maximum atomic E-state index is 13.6. The molecule has 43 heavy (non-hydrogen) atoms. The van der Waals surface area contributed by atoms with Crippen LogP contribution >= 0.6 is 0 Å². The molecule has 5 N–H and O–H groups in total. The largest absolute Gasteiger partial charge is 0.611 e. The van der Waals surface area contributed by atoms with Crippen LogP contribution < -0.4 is 20.7 Å². The second kappa shape index (κ2) is 13.6. The van der Waals surface area contributed by atoms with Crippen molar-refractivity contribution in [2.75, 3.05) is 29.9 Å². The third-order valence-corrected chi connectivity index (χ3v) is 9.45. The molecular formula is C31H41N7O4S. The Bertz CT molecular complexity index is 1500. The molecule has 1 fully saturated rings. The van der Waals surface area contributed by atoms with Crippen molar-refractivity contribution in [3.8, 4) is 5.75 Å². The van der Waals surface area contributed by atoms with Crippen LogP contribution in [0, 0.1) is 11.3 Å². The lowest BCUT2D eigenvalue weighted by Crippen LogP contribution is -2.34. The number of anilines is 2. The third kappa shape index (κ3) is 7.94. The standard InChI is InChI=1S/C31H41N7O4S/c1-19(20(2)32)28(33)37-29-23-15-26(43(41)31(3,4)5)25(16-24(23)35-18-36-29)42-14-6-7-21-10-12-38(13-11-21)27-9-8-22(17-34-27)30(39)40/h8-9,15-18,21,32H,6-7,10-14,33H2,1-5H3,(H,39,40)(H,35,36,37)/b28-19+,32-20?. The van der Waals surface area contributed by atoms with Gasteiger partial charge in [0.15, 0.2) is 10.6 Å². The van der Waals surface area contributed by atoms with Crippen LogP contribution in [0.25, 0.3) is 10.9 Å². The van der Waals surface area contributed by atoms with E-state index in [4.69, 9.17) is 21.0 Å². The minimum absolute atomic E-state index is 0.190. The van der Waals surface area contributed by atoms with E-state index in [1.54, 1.807) is 26.0 Å². The molecule has 1 atom stereocenters. The summed E-state index contributed by atoms with van der Waals surface area (Å²) in [6.07, 6.45) is 6.77. The molecule has 3 heterocycles. The average molecular weight is 608 g/mol. The van der Waals surface area contributed by atoms with Crippen LogP contribution in [0.5, 0.6) is 5.75 Å². The van der Waals surface area contributed by atoms with Gasteiger partial charge in [0.25, 0.3) is 0 Å². The first-order valence-corrected chi connectivity index (χ1v) is 15.6. The number of aromatic nitrogens is 3. The molecule has 12 heteroatoms. The van der Waals surface area contributed by atoms with Gasteiger partial charge in [-0.3, -0.25) is 0 Å². The molecule has 4 rings (SSSR count). The van der Waals surface area contributed by atoms with Crippen LogP contribution in [-0.4, -0.2) is 60.7 Å². The van der Waals surface area contributed by atoms with Crippen LogP contribution in [0.3, 0.4) is 0 Å². The van der Waals surface area contributed by atoms with Crippen molar-refractivity contribution in [3.63, 3.8) is 0 Å². The molecular weight excluding hydrogens is 566 g/mol. The van der Waals surface area contributed by atoms with E-state index in [0.29, 0.717) is 57.0 Å². The minimum atomic E-state index is -1.37. The van der Waals surface area contributed by atoms with E-state index in [2.05, 4.69) is 25.2 Å². The molecule has 0 bridgehead atoms. The van der Waals surface area contributed by atoms with E-state index in [-0.39, 0.29) is 5.56 Å². The zero-order chi connectivity index (χ0) is 31.3. The lowest BCUT2D eigenvalue weighted by atomic mass is 9.92. The number of aromatic carboxylic acids is 1. The summed E-state index contributed by atoms with van der Waals surface area (Å²) in [5.41, 5.74) is 7.98. The van der Waals surface area contributed by atoms with Crippen molar-refractivity contribution >= 4 is 45.4 Å². The minimum Gasteiger partial charge on any atom is -0.611 e. The molecule has 11 nitrogen and oxygen atoms in total. The summed E-state index contributed by atoms with van der Waals surface area (Å²) in [5.74, 6) is 1.74. The number of nitrogens with two attached hydrogens (primary N) is 1. The van der Waals surface area contributed by atoms with Crippen LogP contribution in [0.15, 0.2) is 53.1 Å². The predicted molar refractivity (Wildman–Crippen MR) is 170 cm³/mol. The number of piperidine rings is 1. The molecule has 230 valence electrons. The van der Waals surface area contributed by atoms with E-state index in [9.17, 15) is 9.35 Å². The highest BCUT2D eigenvalue weighted by Crippen LogP contribution is 2.37. The van der Waals surface area contributed by atoms with Gasteiger partial charge < -0.3 is 35.8 Å². The number of carboxylic acids is 1. The molecule has 0 amide bonds. The van der Waals surface area contributed by atoms with Gasteiger partial charge in [-0.2, -0.15) is 0 Å². The van der Waals surface area contributed by atoms with E-state index >= 15 is 0 Å². The Balaban J connectivity index is 1.42. The number of pyridine rings is 1. The number of rotatable bonds is 11. The number of benzene rings is 1. The molecule has 1 unspecified atom stereocenters. The van der Waals surface area contributed by atoms with Crippen LogP contribution in [-0.2, 0) is 11.2 Å². The fourth-order valence-electron chi connectivity index (χ4n) is 4.88. The number of carboxylic acid groups (broad SMARTS) is 1. The summed E-state index contributed by atoms with van der Waals surface area (Å²) < 4.78 is 19.4.